The molecule has 1 aliphatic heterocycles. The molecule has 2 N–H and O–H groups in total. The molecule has 1 atom stereocenters. The molecule has 1 heterocycles. The van der Waals surface area contributed by atoms with Gasteiger partial charge in [-0.15, -0.1) is 0 Å². The molecule has 4 nitrogen and oxygen atoms in total. The summed E-state index contributed by atoms with van der Waals surface area (Å²) < 4.78 is 0. The van der Waals surface area contributed by atoms with E-state index in [2.05, 4.69) is 10.6 Å². The molecule has 5 fully saturated rings. The summed E-state index contributed by atoms with van der Waals surface area (Å²) in [6.07, 6.45) is 7.44. The van der Waals surface area contributed by atoms with Crippen molar-refractivity contribution >= 4 is 11.9 Å². The van der Waals surface area contributed by atoms with Gasteiger partial charge in [0.25, 0.3) is 5.91 Å². The normalized spacial score (nSPS) is 53.5. The highest BCUT2D eigenvalue weighted by Crippen LogP contribution is 2.63. The predicted octanol–water partition coefficient (Wildman–Crippen LogP) is 1.80. The molecule has 18 heavy (non-hydrogen) atoms. The van der Waals surface area contributed by atoms with Gasteiger partial charge in [-0.05, 0) is 63.2 Å². The van der Waals surface area contributed by atoms with E-state index in [1.807, 2.05) is 6.92 Å². The second kappa shape index (κ2) is 3.09. The van der Waals surface area contributed by atoms with Crippen LogP contribution in [-0.2, 0) is 4.79 Å². The summed E-state index contributed by atoms with van der Waals surface area (Å²) in [5.74, 6) is 2.27. The van der Waals surface area contributed by atoms with Crippen molar-refractivity contribution in [2.45, 2.75) is 51.0 Å². The van der Waals surface area contributed by atoms with Crippen molar-refractivity contribution in [3.8, 4) is 0 Å². The average molecular weight is 248 g/mol. The Bertz CT molecular complexity index is 410. The van der Waals surface area contributed by atoms with E-state index in [9.17, 15) is 9.59 Å². The summed E-state index contributed by atoms with van der Waals surface area (Å²) in [6, 6.07) is -0.307. The third kappa shape index (κ3) is 1.16. The van der Waals surface area contributed by atoms with Crippen LogP contribution in [0.25, 0.3) is 0 Å². The third-order valence-corrected chi connectivity index (χ3v) is 6.14. The van der Waals surface area contributed by atoms with Crippen LogP contribution >= 0.6 is 0 Å². The lowest BCUT2D eigenvalue weighted by Gasteiger charge is -2.61. The zero-order valence-corrected chi connectivity index (χ0v) is 10.8. The standard InChI is InChI=1S/C14H20N2O2/c1-13(11(17)15-12(18)16-13)14-5-8-2-9(6-14)4-10(3-8)7-14/h8-10H,2-7H2,1H3,(H2,15,16,17,18). The van der Waals surface area contributed by atoms with E-state index in [-0.39, 0.29) is 17.4 Å². The maximum Gasteiger partial charge on any atom is 0.322 e. The predicted molar refractivity (Wildman–Crippen MR) is 65.7 cm³/mol. The lowest BCUT2D eigenvalue weighted by Crippen LogP contribution is -2.64. The van der Waals surface area contributed by atoms with E-state index >= 15 is 0 Å². The molecule has 4 heteroatoms. The average Bonchev–Trinajstić information content (AvgIpc) is 2.52. The molecule has 0 spiro atoms. The van der Waals surface area contributed by atoms with Crippen molar-refractivity contribution in [2.24, 2.45) is 23.2 Å². The van der Waals surface area contributed by atoms with Crippen molar-refractivity contribution in [3.63, 3.8) is 0 Å². The molecule has 3 amide bonds. The molecule has 4 aliphatic carbocycles. The van der Waals surface area contributed by atoms with Crippen molar-refractivity contribution in [1.82, 2.24) is 10.6 Å². The Morgan fingerprint density at radius 3 is 1.89 bits per heavy atom. The first-order valence-corrected chi connectivity index (χ1v) is 7.14. The maximum atomic E-state index is 12.2. The lowest BCUT2D eigenvalue weighted by molar-refractivity contribution is -0.141. The number of amides is 3. The summed E-state index contributed by atoms with van der Waals surface area (Å²) in [5, 5.41) is 5.38. The van der Waals surface area contributed by atoms with Crippen LogP contribution in [0.4, 0.5) is 4.79 Å². The van der Waals surface area contributed by atoms with E-state index in [0.29, 0.717) is 0 Å². The minimum Gasteiger partial charge on any atom is -0.323 e. The van der Waals surface area contributed by atoms with Gasteiger partial charge >= 0.3 is 6.03 Å². The number of hydrogen-bond donors (Lipinski definition) is 2. The van der Waals surface area contributed by atoms with Gasteiger partial charge in [-0.3, -0.25) is 10.1 Å². The highest BCUT2D eigenvalue weighted by Gasteiger charge is 2.63. The SMILES string of the molecule is CC1(C23CC4CC(CC(C4)C2)C3)NC(=O)NC1=O. The van der Waals surface area contributed by atoms with Crippen LogP contribution in [0.1, 0.15) is 45.4 Å². The van der Waals surface area contributed by atoms with Crippen molar-refractivity contribution in [3.05, 3.63) is 0 Å². The highest BCUT2D eigenvalue weighted by atomic mass is 16.2. The summed E-state index contributed by atoms with van der Waals surface area (Å²) in [7, 11) is 0. The molecule has 5 aliphatic rings. The topological polar surface area (TPSA) is 58.2 Å². The van der Waals surface area contributed by atoms with Crippen molar-refractivity contribution in [1.29, 1.82) is 0 Å². The molecular weight excluding hydrogens is 228 g/mol. The monoisotopic (exact) mass is 248 g/mol. The Labute approximate surface area is 107 Å². The smallest absolute Gasteiger partial charge is 0.322 e. The molecule has 1 unspecified atom stereocenters. The number of imide groups is 1. The fourth-order valence-corrected chi connectivity index (χ4v) is 5.64. The molecule has 98 valence electrons. The van der Waals surface area contributed by atoms with Gasteiger partial charge in [-0.2, -0.15) is 0 Å². The lowest BCUT2D eigenvalue weighted by atomic mass is 9.45. The van der Waals surface area contributed by atoms with E-state index in [1.165, 1.54) is 19.3 Å². The quantitative estimate of drug-likeness (QED) is 0.695. The summed E-state index contributed by atoms with van der Waals surface area (Å²) in [5.41, 5.74) is -0.641. The van der Waals surface area contributed by atoms with Crippen molar-refractivity contribution < 1.29 is 9.59 Å². The first-order valence-electron chi connectivity index (χ1n) is 7.14. The van der Waals surface area contributed by atoms with Crippen LogP contribution in [0.15, 0.2) is 0 Å². The molecule has 4 saturated carbocycles. The number of urea groups is 1. The van der Waals surface area contributed by atoms with Gasteiger partial charge in [0, 0.05) is 5.41 Å². The van der Waals surface area contributed by atoms with E-state index in [4.69, 9.17) is 0 Å². The first kappa shape index (κ1) is 10.8. The maximum absolute atomic E-state index is 12.2. The number of hydrogen-bond acceptors (Lipinski definition) is 2. The summed E-state index contributed by atoms with van der Waals surface area (Å²) in [4.78, 5) is 23.7. The van der Waals surface area contributed by atoms with Gasteiger partial charge in [-0.1, -0.05) is 0 Å². The molecule has 4 bridgehead atoms. The van der Waals surface area contributed by atoms with Gasteiger partial charge in [0.05, 0.1) is 0 Å². The Kier molecular flexibility index (Phi) is 1.86. The minimum absolute atomic E-state index is 0.0258. The van der Waals surface area contributed by atoms with Crippen LogP contribution in [0, 0.1) is 23.2 Å². The van der Waals surface area contributed by atoms with Crippen LogP contribution in [0.2, 0.25) is 0 Å². The number of carbonyl (C=O) groups excluding carboxylic acids is 2. The van der Waals surface area contributed by atoms with E-state index in [0.717, 1.165) is 37.0 Å². The second-order valence-corrected chi connectivity index (χ2v) is 7.23. The number of rotatable bonds is 1. The first-order chi connectivity index (χ1) is 8.51. The molecule has 1 saturated heterocycles. The van der Waals surface area contributed by atoms with Gasteiger partial charge in [0.2, 0.25) is 0 Å². The number of carbonyl (C=O) groups is 2. The van der Waals surface area contributed by atoms with Gasteiger partial charge in [-0.25, -0.2) is 4.79 Å². The highest BCUT2D eigenvalue weighted by molar-refractivity contribution is 6.07. The Morgan fingerprint density at radius 2 is 1.50 bits per heavy atom. The minimum atomic E-state index is -0.667. The van der Waals surface area contributed by atoms with Gasteiger partial charge < -0.3 is 5.32 Å². The van der Waals surface area contributed by atoms with Crippen LogP contribution < -0.4 is 10.6 Å². The van der Waals surface area contributed by atoms with Crippen LogP contribution in [-0.4, -0.2) is 17.5 Å². The van der Waals surface area contributed by atoms with Crippen molar-refractivity contribution in [2.75, 3.05) is 0 Å². The zero-order chi connectivity index (χ0) is 12.5. The van der Waals surface area contributed by atoms with Gasteiger partial charge in [0.1, 0.15) is 5.54 Å². The Morgan fingerprint density at radius 1 is 1.00 bits per heavy atom. The molecular formula is C14H20N2O2. The molecule has 0 aromatic rings. The van der Waals surface area contributed by atoms with E-state index < -0.39 is 5.54 Å². The van der Waals surface area contributed by atoms with E-state index in [1.54, 1.807) is 0 Å². The molecule has 5 rings (SSSR count). The molecule has 0 aromatic heterocycles. The fourth-order valence-electron chi connectivity index (χ4n) is 5.64. The Balaban J connectivity index is 1.75. The number of nitrogens with one attached hydrogen (secondary N) is 2. The molecule has 0 radical (unpaired) electrons. The third-order valence-electron chi connectivity index (χ3n) is 6.14. The van der Waals surface area contributed by atoms with Gasteiger partial charge in [0.15, 0.2) is 0 Å². The fraction of sp³-hybridized carbons (Fsp3) is 0.857. The summed E-state index contributed by atoms with van der Waals surface area (Å²) in [6.45, 7) is 1.94. The summed E-state index contributed by atoms with van der Waals surface area (Å²) >= 11 is 0. The second-order valence-electron chi connectivity index (χ2n) is 7.23. The Hall–Kier alpha value is -1.06. The largest absolute Gasteiger partial charge is 0.323 e. The van der Waals surface area contributed by atoms with Crippen LogP contribution in [0.3, 0.4) is 0 Å². The zero-order valence-electron chi connectivity index (χ0n) is 10.8. The molecule has 0 aromatic carbocycles. The van der Waals surface area contributed by atoms with Crippen LogP contribution in [0.5, 0.6) is 0 Å².